The van der Waals surface area contributed by atoms with Crippen molar-refractivity contribution in [3.63, 3.8) is 0 Å². The zero-order valence-corrected chi connectivity index (χ0v) is 10.5. The number of thioether (sulfide) groups is 1. The standard InChI is InChI=1S/C9H11ClNO2S2/c1-15(12,13)11-5-6-14-9-4-2-3-8(10)7-9/h2,4,7,11H,5-6H2,1H3. The van der Waals surface area contributed by atoms with Crippen LogP contribution in [0.2, 0.25) is 5.02 Å². The van der Waals surface area contributed by atoms with Crippen LogP contribution in [0.5, 0.6) is 0 Å². The number of hydrogen-bond acceptors (Lipinski definition) is 3. The summed E-state index contributed by atoms with van der Waals surface area (Å²) in [5.41, 5.74) is 0. The summed E-state index contributed by atoms with van der Waals surface area (Å²) >= 11 is 7.29. The molecule has 6 heteroatoms. The van der Waals surface area contributed by atoms with Gasteiger partial charge in [0.2, 0.25) is 10.0 Å². The van der Waals surface area contributed by atoms with E-state index in [4.69, 9.17) is 11.6 Å². The molecule has 1 aromatic rings. The molecule has 0 aliphatic carbocycles. The lowest BCUT2D eigenvalue weighted by Crippen LogP contribution is -2.24. The van der Waals surface area contributed by atoms with Crippen molar-refractivity contribution in [1.29, 1.82) is 0 Å². The first-order chi connectivity index (χ1) is 6.97. The van der Waals surface area contributed by atoms with Gasteiger partial charge in [0.1, 0.15) is 0 Å². The fraction of sp³-hybridized carbons (Fsp3) is 0.333. The summed E-state index contributed by atoms with van der Waals surface area (Å²) in [5.74, 6) is 0.674. The van der Waals surface area contributed by atoms with Gasteiger partial charge in [-0.1, -0.05) is 17.7 Å². The SMILES string of the molecule is CS(=O)(=O)NCCSc1cc[c]c(Cl)c1. The number of nitrogens with one attached hydrogen (secondary N) is 1. The summed E-state index contributed by atoms with van der Waals surface area (Å²) < 4.78 is 23.9. The molecule has 1 rings (SSSR count). The zero-order valence-electron chi connectivity index (χ0n) is 8.16. The molecule has 0 atom stereocenters. The van der Waals surface area contributed by atoms with Crippen molar-refractivity contribution in [2.75, 3.05) is 18.6 Å². The fourth-order valence-corrected chi connectivity index (χ4v) is 2.56. The van der Waals surface area contributed by atoms with Crippen LogP contribution in [0.25, 0.3) is 0 Å². The number of sulfonamides is 1. The highest BCUT2D eigenvalue weighted by Gasteiger charge is 2.00. The van der Waals surface area contributed by atoms with Crippen LogP contribution < -0.4 is 4.72 Å². The van der Waals surface area contributed by atoms with E-state index in [1.807, 2.05) is 6.07 Å². The molecule has 1 aromatic carbocycles. The Morgan fingerprint density at radius 1 is 1.60 bits per heavy atom. The van der Waals surface area contributed by atoms with Crippen molar-refractivity contribution in [2.45, 2.75) is 4.90 Å². The molecule has 0 amide bonds. The Morgan fingerprint density at radius 2 is 2.33 bits per heavy atom. The average Bonchev–Trinajstić information content (AvgIpc) is 2.11. The summed E-state index contributed by atoms with van der Waals surface area (Å²) in [6.45, 7) is 0.416. The van der Waals surface area contributed by atoms with E-state index in [2.05, 4.69) is 10.8 Å². The predicted octanol–water partition coefficient (Wildman–Crippen LogP) is 1.78. The van der Waals surface area contributed by atoms with Gasteiger partial charge in [-0.05, 0) is 12.1 Å². The van der Waals surface area contributed by atoms with Crippen LogP contribution in [0.4, 0.5) is 0 Å². The molecule has 0 aliphatic rings. The Labute approximate surface area is 99.3 Å². The van der Waals surface area contributed by atoms with Gasteiger partial charge in [-0.3, -0.25) is 0 Å². The largest absolute Gasteiger partial charge is 0.215 e. The Morgan fingerprint density at radius 3 is 2.93 bits per heavy atom. The van der Waals surface area contributed by atoms with E-state index in [1.165, 1.54) is 0 Å². The molecular weight excluding hydrogens is 254 g/mol. The molecule has 83 valence electrons. The number of benzene rings is 1. The van der Waals surface area contributed by atoms with E-state index in [0.717, 1.165) is 11.2 Å². The van der Waals surface area contributed by atoms with Crippen LogP contribution in [0, 0.1) is 6.07 Å². The topological polar surface area (TPSA) is 46.2 Å². The summed E-state index contributed by atoms with van der Waals surface area (Å²) in [7, 11) is -3.08. The van der Waals surface area contributed by atoms with Crippen molar-refractivity contribution < 1.29 is 8.42 Å². The quantitative estimate of drug-likeness (QED) is 0.651. The van der Waals surface area contributed by atoms with Crippen LogP contribution in [0.1, 0.15) is 0 Å². The van der Waals surface area contributed by atoms with Gasteiger partial charge in [0, 0.05) is 28.3 Å². The first-order valence-corrected chi connectivity index (χ1v) is 7.47. The molecule has 1 N–H and O–H groups in total. The molecule has 0 saturated carbocycles. The second-order valence-corrected chi connectivity index (χ2v) is 6.30. The molecule has 0 bridgehead atoms. The molecule has 3 nitrogen and oxygen atoms in total. The molecule has 0 aromatic heterocycles. The van der Waals surface area contributed by atoms with Gasteiger partial charge in [0.15, 0.2) is 0 Å². The van der Waals surface area contributed by atoms with Crippen LogP contribution >= 0.6 is 23.4 Å². The minimum Gasteiger partial charge on any atom is -0.215 e. The van der Waals surface area contributed by atoms with Gasteiger partial charge in [-0.25, -0.2) is 13.1 Å². The van der Waals surface area contributed by atoms with Gasteiger partial charge >= 0.3 is 0 Å². The van der Waals surface area contributed by atoms with Crippen molar-refractivity contribution >= 4 is 33.4 Å². The average molecular weight is 265 g/mol. The van der Waals surface area contributed by atoms with E-state index in [9.17, 15) is 8.42 Å². The lowest BCUT2D eigenvalue weighted by atomic mass is 10.4. The highest BCUT2D eigenvalue weighted by atomic mass is 35.5. The van der Waals surface area contributed by atoms with Crippen LogP contribution in [-0.4, -0.2) is 27.0 Å². The minimum atomic E-state index is -3.08. The van der Waals surface area contributed by atoms with Crippen molar-refractivity contribution in [3.05, 3.63) is 29.3 Å². The summed E-state index contributed by atoms with van der Waals surface area (Å²) in [5, 5.41) is 0.566. The molecule has 0 saturated heterocycles. The molecule has 1 radical (unpaired) electrons. The summed E-state index contributed by atoms with van der Waals surface area (Å²) in [6.07, 6.45) is 1.14. The minimum absolute atomic E-state index is 0.416. The van der Waals surface area contributed by atoms with Gasteiger partial charge in [0.05, 0.1) is 6.26 Å². The van der Waals surface area contributed by atoms with E-state index in [1.54, 1.807) is 23.9 Å². The molecular formula is C9H11ClNO2S2. The predicted molar refractivity (Wildman–Crippen MR) is 63.9 cm³/mol. The maximum absolute atomic E-state index is 10.8. The van der Waals surface area contributed by atoms with E-state index >= 15 is 0 Å². The Balaban J connectivity index is 2.32. The third kappa shape index (κ3) is 6.04. The monoisotopic (exact) mass is 264 g/mol. The smallest absolute Gasteiger partial charge is 0.208 e. The van der Waals surface area contributed by atoms with Gasteiger partial charge in [-0.15, -0.1) is 11.8 Å². The second-order valence-electron chi connectivity index (χ2n) is 2.89. The Hall–Kier alpha value is -0.230. The molecule has 0 spiro atoms. The van der Waals surface area contributed by atoms with Gasteiger partial charge < -0.3 is 0 Å². The molecule has 0 aliphatic heterocycles. The zero-order chi connectivity index (χ0) is 11.3. The van der Waals surface area contributed by atoms with Crippen LogP contribution in [0.15, 0.2) is 23.1 Å². The summed E-state index contributed by atoms with van der Waals surface area (Å²) in [4.78, 5) is 1.01. The lowest BCUT2D eigenvalue weighted by molar-refractivity contribution is 0.590. The van der Waals surface area contributed by atoms with E-state index < -0.39 is 10.0 Å². The first kappa shape index (κ1) is 12.8. The highest BCUT2D eigenvalue weighted by Crippen LogP contribution is 2.20. The number of rotatable bonds is 5. The van der Waals surface area contributed by atoms with Gasteiger partial charge in [0.25, 0.3) is 0 Å². The normalized spacial score (nSPS) is 11.6. The molecule has 15 heavy (non-hydrogen) atoms. The highest BCUT2D eigenvalue weighted by molar-refractivity contribution is 7.99. The van der Waals surface area contributed by atoms with Crippen molar-refractivity contribution in [1.82, 2.24) is 4.72 Å². The maximum Gasteiger partial charge on any atom is 0.208 e. The maximum atomic E-state index is 10.8. The summed E-state index contributed by atoms with van der Waals surface area (Å²) in [6, 6.07) is 8.26. The van der Waals surface area contributed by atoms with Crippen molar-refractivity contribution in [3.8, 4) is 0 Å². The second kappa shape index (κ2) is 5.75. The molecule has 0 unspecified atom stereocenters. The third-order valence-electron chi connectivity index (χ3n) is 1.47. The third-order valence-corrected chi connectivity index (χ3v) is 3.42. The fourth-order valence-electron chi connectivity index (χ4n) is 0.904. The van der Waals surface area contributed by atoms with Gasteiger partial charge in [-0.2, -0.15) is 0 Å². The van der Waals surface area contributed by atoms with Crippen LogP contribution in [0.3, 0.4) is 0 Å². The van der Waals surface area contributed by atoms with E-state index in [0.29, 0.717) is 17.3 Å². The van der Waals surface area contributed by atoms with E-state index in [-0.39, 0.29) is 0 Å². The number of hydrogen-bond donors (Lipinski definition) is 1. The molecule has 0 heterocycles. The first-order valence-electron chi connectivity index (χ1n) is 4.22. The number of halogens is 1. The lowest BCUT2D eigenvalue weighted by Gasteiger charge is -2.02. The molecule has 0 fully saturated rings. The Kier molecular flexibility index (Phi) is 4.92. The van der Waals surface area contributed by atoms with Crippen LogP contribution in [-0.2, 0) is 10.0 Å². The van der Waals surface area contributed by atoms with Crippen molar-refractivity contribution in [2.24, 2.45) is 0 Å². The Bertz CT molecular complexity index is 420.